The number of nitrogens with one attached hydrogen (secondary N) is 1. The molecule has 148 valence electrons. The number of carbonyl (C=O) groups is 1. The maximum Gasteiger partial charge on any atom is 0.450 e. The Kier molecular flexibility index (Phi) is 5.12. The van der Waals surface area contributed by atoms with Gasteiger partial charge in [0.2, 0.25) is 5.76 Å². The van der Waals surface area contributed by atoms with Crippen LogP contribution in [0.5, 0.6) is 11.5 Å². The fourth-order valence-corrected chi connectivity index (χ4v) is 3.32. The predicted molar refractivity (Wildman–Crippen MR) is 90.4 cm³/mol. The average molecular weight is 386 g/mol. The van der Waals surface area contributed by atoms with Crippen LogP contribution in [0.4, 0.5) is 18.0 Å². The third-order valence-corrected chi connectivity index (χ3v) is 4.62. The van der Waals surface area contributed by atoms with Crippen molar-refractivity contribution in [3.8, 4) is 11.5 Å². The lowest BCUT2D eigenvalue weighted by Crippen LogP contribution is -2.43. The summed E-state index contributed by atoms with van der Waals surface area (Å²) in [4.78, 5) is 14.0. The van der Waals surface area contributed by atoms with E-state index in [4.69, 9.17) is 14.2 Å². The first-order chi connectivity index (χ1) is 12.7. The number of hydrogen-bond acceptors (Lipinski definition) is 4. The van der Waals surface area contributed by atoms with Gasteiger partial charge in [0.1, 0.15) is 17.6 Å². The number of fused-ring (bicyclic) bond motifs is 1. The van der Waals surface area contributed by atoms with Gasteiger partial charge >= 0.3 is 12.2 Å². The van der Waals surface area contributed by atoms with Crippen molar-refractivity contribution in [3.05, 3.63) is 34.7 Å². The molecule has 2 amide bonds. The lowest BCUT2D eigenvalue weighted by Gasteiger charge is -2.30. The van der Waals surface area contributed by atoms with Crippen LogP contribution in [0.25, 0.3) is 0 Å². The maximum absolute atomic E-state index is 13.1. The van der Waals surface area contributed by atoms with E-state index in [9.17, 15) is 18.0 Å². The standard InChI is InChI=1S/C18H21F3N2O4/c1-10-6-14(16(27-10)18(19,20)21)22-17(24)23-5-4-11-7-12(25-2)8-15(26-3)13(11)9-23/h7-8,10H,4-6,9H2,1-3H3,(H,22,24). The molecule has 0 spiro atoms. The Balaban J connectivity index is 1.78. The molecule has 0 saturated carbocycles. The monoisotopic (exact) mass is 386 g/mol. The van der Waals surface area contributed by atoms with Gasteiger partial charge in [0.15, 0.2) is 0 Å². The number of nitrogens with zero attached hydrogens (tertiary/aromatic N) is 1. The highest BCUT2D eigenvalue weighted by atomic mass is 19.4. The highest BCUT2D eigenvalue weighted by molar-refractivity contribution is 5.77. The molecule has 1 aromatic carbocycles. The summed E-state index contributed by atoms with van der Waals surface area (Å²) in [6, 6.07) is 3.01. The van der Waals surface area contributed by atoms with Crippen LogP contribution in [0, 0.1) is 0 Å². The number of urea groups is 1. The molecule has 6 nitrogen and oxygen atoms in total. The van der Waals surface area contributed by atoms with Crippen LogP contribution in [-0.4, -0.2) is 44.0 Å². The van der Waals surface area contributed by atoms with Crippen LogP contribution in [0.3, 0.4) is 0 Å². The summed E-state index contributed by atoms with van der Waals surface area (Å²) in [7, 11) is 3.08. The Morgan fingerprint density at radius 2 is 2.04 bits per heavy atom. The van der Waals surface area contributed by atoms with E-state index in [1.165, 1.54) is 18.9 Å². The van der Waals surface area contributed by atoms with Gasteiger partial charge in [-0.3, -0.25) is 0 Å². The van der Waals surface area contributed by atoms with E-state index in [0.717, 1.165) is 11.1 Å². The van der Waals surface area contributed by atoms with Gasteiger partial charge in [0.25, 0.3) is 0 Å². The van der Waals surface area contributed by atoms with Crippen LogP contribution in [0.1, 0.15) is 24.5 Å². The fourth-order valence-electron chi connectivity index (χ4n) is 3.32. The maximum atomic E-state index is 13.1. The second-order valence-electron chi connectivity index (χ2n) is 6.51. The summed E-state index contributed by atoms with van der Waals surface area (Å²) in [6.45, 7) is 2.14. The summed E-state index contributed by atoms with van der Waals surface area (Å²) >= 11 is 0. The lowest BCUT2D eigenvalue weighted by molar-refractivity contribution is -0.133. The van der Waals surface area contributed by atoms with Crippen molar-refractivity contribution in [2.45, 2.75) is 38.6 Å². The molecule has 27 heavy (non-hydrogen) atoms. The molecule has 1 aromatic rings. The molecule has 9 heteroatoms. The Hall–Kier alpha value is -2.58. The number of ether oxygens (including phenoxy) is 3. The van der Waals surface area contributed by atoms with Crippen LogP contribution in [0.15, 0.2) is 23.6 Å². The van der Waals surface area contributed by atoms with Gasteiger partial charge in [0.05, 0.1) is 26.5 Å². The van der Waals surface area contributed by atoms with Gasteiger partial charge in [-0.2, -0.15) is 13.2 Å². The molecule has 0 aliphatic carbocycles. The van der Waals surface area contributed by atoms with E-state index in [1.807, 2.05) is 6.07 Å². The van der Waals surface area contributed by atoms with Crippen molar-refractivity contribution in [2.75, 3.05) is 20.8 Å². The summed E-state index contributed by atoms with van der Waals surface area (Å²) in [5.41, 5.74) is 1.58. The molecule has 2 aliphatic heterocycles. The lowest BCUT2D eigenvalue weighted by atomic mass is 9.98. The quantitative estimate of drug-likeness (QED) is 0.866. The van der Waals surface area contributed by atoms with Crippen molar-refractivity contribution in [2.24, 2.45) is 0 Å². The molecule has 1 atom stereocenters. The van der Waals surface area contributed by atoms with Crippen LogP contribution in [0.2, 0.25) is 0 Å². The topological polar surface area (TPSA) is 60.0 Å². The smallest absolute Gasteiger partial charge is 0.450 e. The number of benzene rings is 1. The van der Waals surface area contributed by atoms with Crippen molar-refractivity contribution in [1.29, 1.82) is 0 Å². The second-order valence-corrected chi connectivity index (χ2v) is 6.51. The number of hydrogen-bond donors (Lipinski definition) is 1. The zero-order valence-electron chi connectivity index (χ0n) is 15.3. The molecule has 0 fully saturated rings. The number of amides is 2. The highest BCUT2D eigenvalue weighted by Crippen LogP contribution is 2.36. The first kappa shape index (κ1) is 19.2. The molecule has 2 heterocycles. The third kappa shape index (κ3) is 3.91. The first-order valence-corrected chi connectivity index (χ1v) is 8.49. The third-order valence-electron chi connectivity index (χ3n) is 4.62. The van der Waals surface area contributed by atoms with Gasteiger partial charge in [-0.05, 0) is 25.0 Å². The summed E-state index contributed by atoms with van der Waals surface area (Å²) in [5.74, 6) is 0.110. The van der Waals surface area contributed by atoms with E-state index >= 15 is 0 Å². The zero-order chi connectivity index (χ0) is 19.8. The summed E-state index contributed by atoms with van der Waals surface area (Å²) in [6.07, 6.45) is -4.71. The van der Waals surface area contributed by atoms with E-state index in [1.54, 1.807) is 13.2 Å². The van der Waals surface area contributed by atoms with Crippen LogP contribution in [-0.2, 0) is 17.7 Å². The zero-order valence-corrected chi connectivity index (χ0v) is 15.3. The molecule has 2 aliphatic rings. The number of rotatable bonds is 3. The second kappa shape index (κ2) is 7.21. The molecule has 0 radical (unpaired) electrons. The van der Waals surface area contributed by atoms with Gasteiger partial charge in [0, 0.05) is 24.6 Å². The van der Waals surface area contributed by atoms with Crippen LogP contribution >= 0.6 is 0 Å². The first-order valence-electron chi connectivity index (χ1n) is 8.49. The Labute approximate surface area is 154 Å². The average Bonchev–Trinajstić information content (AvgIpc) is 3.00. The minimum Gasteiger partial charge on any atom is -0.497 e. The highest BCUT2D eigenvalue weighted by Gasteiger charge is 2.44. The molecule has 0 saturated heterocycles. The van der Waals surface area contributed by atoms with E-state index in [2.05, 4.69) is 5.32 Å². The molecule has 0 bridgehead atoms. The molecule has 3 rings (SSSR count). The van der Waals surface area contributed by atoms with E-state index in [-0.39, 0.29) is 18.7 Å². The fraction of sp³-hybridized carbons (Fsp3) is 0.500. The molecule has 1 N–H and O–H groups in total. The van der Waals surface area contributed by atoms with Gasteiger partial charge in [-0.1, -0.05) is 0 Å². The number of carbonyl (C=O) groups excluding carboxylic acids is 1. The number of methoxy groups -OCH3 is 2. The minimum absolute atomic E-state index is 0.00549. The largest absolute Gasteiger partial charge is 0.497 e. The minimum atomic E-state index is -4.64. The number of halogens is 3. The van der Waals surface area contributed by atoms with Gasteiger partial charge in [-0.15, -0.1) is 0 Å². The number of alkyl halides is 3. The summed E-state index contributed by atoms with van der Waals surface area (Å²) in [5, 5.41) is 2.38. The number of allylic oxidation sites excluding steroid dienone is 1. The SMILES string of the molecule is COc1cc2c(c(OC)c1)CN(C(=O)NC1=C(C(F)(F)F)OC(C)C1)CC2. The van der Waals surface area contributed by atoms with Crippen molar-refractivity contribution in [3.63, 3.8) is 0 Å². The predicted octanol–water partition coefficient (Wildman–Crippen LogP) is 3.35. The van der Waals surface area contributed by atoms with Gasteiger partial charge in [-0.25, -0.2) is 4.79 Å². The Morgan fingerprint density at radius 1 is 1.30 bits per heavy atom. The van der Waals surface area contributed by atoms with Crippen molar-refractivity contribution < 1.29 is 32.2 Å². The van der Waals surface area contributed by atoms with Gasteiger partial charge < -0.3 is 24.4 Å². The van der Waals surface area contributed by atoms with Crippen molar-refractivity contribution >= 4 is 6.03 Å². The summed E-state index contributed by atoms with van der Waals surface area (Å²) < 4.78 is 54.7. The Morgan fingerprint density at radius 3 is 2.67 bits per heavy atom. The van der Waals surface area contributed by atoms with Crippen molar-refractivity contribution in [1.82, 2.24) is 10.2 Å². The molecular weight excluding hydrogens is 365 g/mol. The molecule has 0 aromatic heterocycles. The molecule has 1 unspecified atom stereocenters. The molecular formula is C18H21F3N2O4. The van der Waals surface area contributed by atoms with E-state index in [0.29, 0.717) is 24.5 Å². The normalized spacial score (nSPS) is 19.5. The van der Waals surface area contributed by atoms with Crippen LogP contribution < -0.4 is 14.8 Å². The Bertz CT molecular complexity index is 759. The van der Waals surface area contributed by atoms with E-state index < -0.39 is 24.1 Å².